The molecule has 0 fully saturated rings. The maximum absolute atomic E-state index is 11.3. The first kappa shape index (κ1) is 18.5. The van der Waals surface area contributed by atoms with Crippen molar-refractivity contribution in [2.75, 3.05) is 5.43 Å². The average molecular weight is 378 g/mol. The van der Waals surface area contributed by atoms with Crippen LogP contribution in [0.25, 0.3) is 0 Å². The van der Waals surface area contributed by atoms with Gasteiger partial charge >= 0.3 is 5.69 Å². The number of phenols is 1. The molecule has 28 heavy (non-hydrogen) atoms. The number of nitro groups is 2. The summed E-state index contributed by atoms with van der Waals surface area (Å²) in [4.78, 5) is 20.7. The molecule has 3 aromatic carbocycles. The molecule has 0 saturated carbocycles. The maximum Gasteiger partial charge on any atom is 0.301 e. The number of aromatic hydroxyl groups is 1. The third-order valence-corrected chi connectivity index (χ3v) is 3.88. The van der Waals surface area contributed by atoms with Gasteiger partial charge in [0.1, 0.15) is 17.1 Å². The Labute approximate surface area is 158 Å². The summed E-state index contributed by atoms with van der Waals surface area (Å²) in [5.74, 6) is -0.00916. The minimum atomic E-state index is -0.729. The third-order valence-electron chi connectivity index (χ3n) is 3.88. The predicted molar refractivity (Wildman–Crippen MR) is 104 cm³/mol. The Bertz CT molecular complexity index is 1070. The van der Waals surface area contributed by atoms with E-state index in [1.165, 1.54) is 12.1 Å². The van der Waals surface area contributed by atoms with Crippen LogP contribution in [0.5, 0.6) is 5.75 Å². The van der Waals surface area contributed by atoms with Crippen molar-refractivity contribution in [1.82, 2.24) is 0 Å². The Morgan fingerprint density at radius 1 is 0.893 bits per heavy atom. The van der Waals surface area contributed by atoms with Crippen LogP contribution in [0.4, 0.5) is 17.1 Å². The lowest BCUT2D eigenvalue weighted by molar-refractivity contribution is -0.393. The van der Waals surface area contributed by atoms with Gasteiger partial charge in [0.25, 0.3) is 5.69 Å². The van der Waals surface area contributed by atoms with Crippen LogP contribution in [-0.4, -0.2) is 20.7 Å². The normalized spacial score (nSPS) is 11.1. The highest BCUT2D eigenvalue weighted by Crippen LogP contribution is 2.29. The molecule has 0 atom stereocenters. The van der Waals surface area contributed by atoms with E-state index in [1.807, 2.05) is 6.07 Å². The zero-order valence-corrected chi connectivity index (χ0v) is 14.4. The molecule has 9 nitrogen and oxygen atoms in total. The summed E-state index contributed by atoms with van der Waals surface area (Å²) in [7, 11) is 0. The number of nitrogens with zero attached hydrogens (tertiary/aromatic N) is 3. The first-order valence-electron chi connectivity index (χ1n) is 8.07. The van der Waals surface area contributed by atoms with Gasteiger partial charge in [0.2, 0.25) is 0 Å². The second-order valence-corrected chi connectivity index (χ2v) is 5.67. The van der Waals surface area contributed by atoms with Crippen molar-refractivity contribution in [2.24, 2.45) is 5.10 Å². The van der Waals surface area contributed by atoms with Crippen LogP contribution in [0.3, 0.4) is 0 Å². The topological polar surface area (TPSA) is 131 Å². The molecule has 140 valence electrons. The molecule has 0 aliphatic carbocycles. The van der Waals surface area contributed by atoms with E-state index in [0.29, 0.717) is 16.8 Å². The minimum Gasteiger partial charge on any atom is -0.507 e. The van der Waals surface area contributed by atoms with Gasteiger partial charge in [0.05, 0.1) is 15.9 Å². The van der Waals surface area contributed by atoms with E-state index >= 15 is 0 Å². The molecule has 0 spiro atoms. The number of nitrogens with one attached hydrogen (secondary N) is 1. The summed E-state index contributed by atoms with van der Waals surface area (Å²) in [5.41, 5.74) is 3.14. The van der Waals surface area contributed by atoms with E-state index in [4.69, 9.17) is 0 Å². The molecule has 0 amide bonds. The van der Waals surface area contributed by atoms with Crippen LogP contribution in [0.2, 0.25) is 0 Å². The van der Waals surface area contributed by atoms with Gasteiger partial charge in [0, 0.05) is 17.2 Å². The van der Waals surface area contributed by atoms with Crippen molar-refractivity contribution in [3.8, 4) is 5.75 Å². The van der Waals surface area contributed by atoms with Crippen molar-refractivity contribution in [1.29, 1.82) is 0 Å². The summed E-state index contributed by atoms with van der Waals surface area (Å²) >= 11 is 0. The highest BCUT2D eigenvalue weighted by atomic mass is 16.6. The third kappa shape index (κ3) is 3.93. The quantitative estimate of drug-likeness (QED) is 0.377. The molecule has 0 unspecified atom stereocenters. The molecule has 9 heteroatoms. The van der Waals surface area contributed by atoms with Crippen molar-refractivity contribution >= 4 is 22.8 Å². The molecule has 0 bridgehead atoms. The van der Waals surface area contributed by atoms with Crippen LogP contribution >= 0.6 is 0 Å². The molecule has 0 saturated heterocycles. The van der Waals surface area contributed by atoms with Gasteiger partial charge in [-0.2, -0.15) is 5.10 Å². The van der Waals surface area contributed by atoms with E-state index in [-0.39, 0.29) is 11.4 Å². The summed E-state index contributed by atoms with van der Waals surface area (Å²) < 4.78 is 0. The zero-order valence-electron chi connectivity index (χ0n) is 14.4. The molecule has 2 N–H and O–H groups in total. The van der Waals surface area contributed by atoms with Crippen LogP contribution in [0.15, 0.2) is 77.9 Å². The van der Waals surface area contributed by atoms with Crippen molar-refractivity contribution < 1.29 is 15.0 Å². The predicted octanol–water partition coefficient (Wildman–Crippen LogP) is 4.07. The number of nitro benzene ring substituents is 2. The first-order chi connectivity index (χ1) is 13.5. The Morgan fingerprint density at radius 3 is 2.21 bits per heavy atom. The SMILES string of the molecule is O=[N+]([O-])c1ccc(N/N=C(\c2ccccc2)c2ccccc2O)c([N+](=O)[O-])c1. The number of hydrazone groups is 1. The first-order valence-corrected chi connectivity index (χ1v) is 8.07. The molecular weight excluding hydrogens is 364 g/mol. The molecule has 0 radical (unpaired) electrons. The summed E-state index contributed by atoms with van der Waals surface area (Å²) in [5, 5.41) is 36.6. The van der Waals surface area contributed by atoms with Gasteiger partial charge in [-0.15, -0.1) is 0 Å². The lowest BCUT2D eigenvalue weighted by atomic mass is 10.0. The molecule has 0 aromatic heterocycles. The molecular formula is C19H14N4O5. The number of rotatable bonds is 6. The van der Waals surface area contributed by atoms with E-state index in [2.05, 4.69) is 10.5 Å². The Balaban J connectivity index is 2.07. The molecule has 0 aliphatic rings. The largest absolute Gasteiger partial charge is 0.507 e. The highest BCUT2D eigenvalue weighted by Gasteiger charge is 2.20. The van der Waals surface area contributed by atoms with Crippen LogP contribution in [0.1, 0.15) is 11.1 Å². The summed E-state index contributed by atoms with van der Waals surface area (Å²) in [6.45, 7) is 0. The van der Waals surface area contributed by atoms with Crippen LogP contribution in [0, 0.1) is 20.2 Å². The molecule has 0 heterocycles. The Hall–Kier alpha value is -4.27. The van der Waals surface area contributed by atoms with Crippen molar-refractivity contribution in [3.05, 3.63) is 104 Å². The lowest BCUT2D eigenvalue weighted by Crippen LogP contribution is -2.07. The van der Waals surface area contributed by atoms with E-state index in [1.54, 1.807) is 42.5 Å². The number of hydrogen-bond acceptors (Lipinski definition) is 7. The number of benzene rings is 3. The second kappa shape index (κ2) is 7.96. The fraction of sp³-hybridized carbons (Fsp3) is 0. The van der Waals surface area contributed by atoms with Crippen molar-refractivity contribution in [3.63, 3.8) is 0 Å². The number of anilines is 1. The highest BCUT2D eigenvalue weighted by molar-refractivity contribution is 6.14. The average Bonchev–Trinajstić information content (AvgIpc) is 2.70. The monoisotopic (exact) mass is 378 g/mol. The Morgan fingerprint density at radius 2 is 1.57 bits per heavy atom. The smallest absolute Gasteiger partial charge is 0.301 e. The van der Waals surface area contributed by atoms with Gasteiger partial charge in [-0.1, -0.05) is 42.5 Å². The van der Waals surface area contributed by atoms with Gasteiger partial charge < -0.3 is 5.11 Å². The van der Waals surface area contributed by atoms with Crippen LogP contribution < -0.4 is 5.43 Å². The zero-order chi connectivity index (χ0) is 20.1. The van der Waals surface area contributed by atoms with E-state index < -0.39 is 21.2 Å². The maximum atomic E-state index is 11.3. The van der Waals surface area contributed by atoms with Gasteiger partial charge in [-0.05, 0) is 18.2 Å². The van der Waals surface area contributed by atoms with Crippen LogP contribution in [-0.2, 0) is 0 Å². The lowest BCUT2D eigenvalue weighted by Gasteiger charge is -2.10. The van der Waals surface area contributed by atoms with Gasteiger partial charge in [0.15, 0.2) is 0 Å². The summed E-state index contributed by atoms with van der Waals surface area (Å²) in [6, 6.07) is 18.7. The second-order valence-electron chi connectivity index (χ2n) is 5.67. The number of phenolic OH excluding ortho intramolecular Hbond substituents is 1. The Kier molecular flexibility index (Phi) is 5.26. The number of non-ortho nitro benzene ring substituents is 1. The van der Waals surface area contributed by atoms with E-state index in [9.17, 15) is 25.3 Å². The fourth-order valence-electron chi connectivity index (χ4n) is 2.55. The van der Waals surface area contributed by atoms with Gasteiger partial charge in [-0.3, -0.25) is 25.7 Å². The minimum absolute atomic E-state index is 0.00916. The fourth-order valence-corrected chi connectivity index (χ4v) is 2.55. The molecule has 3 rings (SSSR count). The summed E-state index contributed by atoms with van der Waals surface area (Å²) in [6.07, 6.45) is 0. The molecule has 0 aliphatic heterocycles. The number of hydrogen-bond donors (Lipinski definition) is 2. The van der Waals surface area contributed by atoms with Crippen molar-refractivity contribution in [2.45, 2.75) is 0 Å². The molecule has 3 aromatic rings. The number of para-hydroxylation sites is 1. The van der Waals surface area contributed by atoms with Gasteiger partial charge in [-0.25, -0.2) is 0 Å². The standard InChI is InChI=1S/C19H14N4O5/c24-18-9-5-4-8-15(18)19(13-6-2-1-3-7-13)21-20-16-11-10-14(22(25)26)12-17(16)23(27)28/h1-12,20,24H/b21-19+. The van der Waals surface area contributed by atoms with E-state index in [0.717, 1.165) is 12.1 Å².